The van der Waals surface area contributed by atoms with E-state index in [1.165, 1.54) is 11.3 Å². The number of hydrogen-bond acceptors (Lipinski definition) is 6. The average Bonchev–Trinajstić information content (AvgIpc) is 3.19. The number of nitrogens with two attached hydrogens (primary N) is 1. The number of allylic oxidation sites excluding steroid dienone is 4. The number of hydrogen-bond donors (Lipinski definition) is 2. The predicted octanol–water partition coefficient (Wildman–Crippen LogP) is 4.80. The fraction of sp³-hybridized carbons (Fsp3) is 0.192. The molecule has 1 amide bonds. The number of carbonyl (C=O) groups excluding carboxylic acids is 1. The maximum absolute atomic E-state index is 13.4. The van der Waals surface area contributed by atoms with Gasteiger partial charge in [0.2, 0.25) is 0 Å². The molecule has 3 aromatic rings. The number of carbonyl (C=O) groups is 1. The Morgan fingerprint density at radius 1 is 1.36 bits per heavy atom. The third-order valence-electron chi connectivity index (χ3n) is 4.89. The molecule has 3 heterocycles. The van der Waals surface area contributed by atoms with E-state index in [1.807, 2.05) is 36.4 Å². The van der Waals surface area contributed by atoms with Gasteiger partial charge in [-0.05, 0) is 50.1 Å². The zero-order chi connectivity index (χ0) is 23.6. The van der Waals surface area contributed by atoms with E-state index in [4.69, 9.17) is 15.8 Å². The number of aliphatic hydroxyl groups is 1. The van der Waals surface area contributed by atoms with Gasteiger partial charge in [-0.25, -0.2) is 4.98 Å². The second-order valence-corrected chi connectivity index (χ2v) is 8.12. The minimum absolute atomic E-state index is 0.0625. The number of fused-ring (bicyclic) bond motifs is 1. The van der Waals surface area contributed by atoms with Gasteiger partial charge in [0.15, 0.2) is 0 Å². The van der Waals surface area contributed by atoms with Crippen LogP contribution < -0.4 is 5.73 Å². The second kappa shape index (κ2) is 11.8. The molecule has 4 rings (SSSR count). The monoisotopic (exact) mass is 458 g/mol. The summed E-state index contributed by atoms with van der Waals surface area (Å²) >= 11 is 1.31. The molecule has 0 radical (unpaired) electrons. The molecule has 3 aromatic heterocycles. The van der Waals surface area contributed by atoms with Gasteiger partial charge >= 0.3 is 0 Å². The highest BCUT2D eigenvalue weighted by molar-refractivity contribution is 7.21. The van der Waals surface area contributed by atoms with Gasteiger partial charge in [-0.2, -0.15) is 0 Å². The molecule has 0 saturated carbocycles. The topological polar surface area (TPSA) is 92.3 Å². The van der Waals surface area contributed by atoms with Gasteiger partial charge in [-0.1, -0.05) is 24.3 Å². The Kier molecular flexibility index (Phi) is 8.53. The summed E-state index contributed by atoms with van der Waals surface area (Å²) in [5.41, 5.74) is 9.46. The molecule has 0 unspecified atom stereocenters. The Morgan fingerprint density at radius 2 is 2.18 bits per heavy atom. The van der Waals surface area contributed by atoms with Gasteiger partial charge in [-0.3, -0.25) is 9.78 Å². The van der Waals surface area contributed by atoms with Crippen LogP contribution >= 0.6 is 11.3 Å². The lowest BCUT2D eigenvalue weighted by atomic mass is 10.1. The van der Waals surface area contributed by atoms with Crippen molar-refractivity contribution in [3.8, 4) is 23.6 Å². The van der Waals surface area contributed by atoms with Gasteiger partial charge in [0.25, 0.3) is 5.91 Å². The van der Waals surface area contributed by atoms with E-state index in [9.17, 15) is 4.79 Å². The molecule has 0 spiro atoms. The summed E-state index contributed by atoms with van der Waals surface area (Å²) < 4.78 is 0. The van der Waals surface area contributed by atoms with Gasteiger partial charge < -0.3 is 15.7 Å². The zero-order valence-electron chi connectivity index (χ0n) is 18.4. The third-order valence-corrected chi connectivity index (χ3v) is 5.99. The highest BCUT2D eigenvalue weighted by Crippen LogP contribution is 2.35. The number of thiophene rings is 1. The SMILES string of the molecule is C#CC.Nc1c(C(=O)N(C/C=C\CO)C2=CC=CCC2)sc2nc(-c3cccnc3)ccc12. The highest BCUT2D eigenvalue weighted by atomic mass is 32.1. The Balaban J connectivity index is 0.000000968. The number of rotatable bonds is 6. The fourth-order valence-electron chi connectivity index (χ4n) is 3.35. The molecule has 6 nitrogen and oxygen atoms in total. The summed E-state index contributed by atoms with van der Waals surface area (Å²) in [4.78, 5) is 25.2. The van der Waals surface area contributed by atoms with Gasteiger partial charge in [0, 0.05) is 35.6 Å². The van der Waals surface area contributed by atoms with Gasteiger partial charge in [0.1, 0.15) is 9.71 Å². The number of anilines is 1. The lowest BCUT2D eigenvalue weighted by Crippen LogP contribution is -2.31. The second-order valence-electron chi connectivity index (χ2n) is 7.12. The van der Waals surface area contributed by atoms with Crippen LogP contribution in [0.1, 0.15) is 29.4 Å². The molecular formula is C26H26N4O2S. The van der Waals surface area contributed by atoms with E-state index < -0.39 is 0 Å². The predicted molar refractivity (Wildman–Crippen MR) is 135 cm³/mol. The minimum atomic E-state index is -0.150. The summed E-state index contributed by atoms with van der Waals surface area (Å²) in [5, 5.41) is 9.83. The first kappa shape index (κ1) is 23.9. The number of terminal acetylenes is 1. The molecule has 168 valence electrons. The molecule has 0 fully saturated rings. The number of aliphatic hydroxyl groups excluding tert-OH is 1. The van der Waals surface area contributed by atoms with Crippen LogP contribution in [-0.4, -0.2) is 39.0 Å². The van der Waals surface area contributed by atoms with Crippen molar-refractivity contribution < 1.29 is 9.90 Å². The lowest BCUT2D eigenvalue weighted by Gasteiger charge is -2.25. The first-order valence-corrected chi connectivity index (χ1v) is 11.3. The molecule has 0 saturated heterocycles. The smallest absolute Gasteiger partial charge is 0.270 e. The number of amides is 1. The first-order chi connectivity index (χ1) is 16.1. The largest absolute Gasteiger partial charge is 0.397 e. The van der Waals surface area contributed by atoms with Crippen LogP contribution in [0.5, 0.6) is 0 Å². The minimum Gasteiger partial charge on any atom is -0.397 e. The molecule has 1 aliphatic rings. The quantitative estimate of drug-likeness (QED) is 0.409. The van der Waals surface area contributed by atoms with Crippen molar-refractivity contribution in [3.05, 3.63) is 77.6 Å². The maximum atomic E-state index is 13.4. The van der Waals surface area contributed by atoms with Crippen molar-refractivity contribution in [3.63, 3.8) is 0 Å². The van der Waals surface area contributed by atoms with Crippen molar-refractivity contribution in [2.45, 2.75) is 19.8 Å². The molecule has 33 heavy (non-hydrogen) atoms. The Hall–Kier alpha value is -3.73. The number of nitrogens with zero attached hydrogens (tertiary/aromatic N) is 3. The first-order valence-electron chi connectivity index (χ1n) is 10.5. The van der Waals surface area contributed by atoms with Crippen molar-refractivity contribution in [1.82, 2.24) is 14.9 Å². The van der Waals surface area contributed by atoms with Crippen LogP contribution in [0.4, 0.5) is 5.69 Å². The Morgan fingerprint density at radius 3 is 2.85 bits per heavy atom. The van der Waals surface area contributed by atoms with Crippen molar-refractivity contribution in [2.75, 3.05) is 18.9 Å². The maximum Gasteiger partial charge on any atom is 0.270 e. The van der Waals surface area contributed by atoms with Crippen LogP contribution in [0.2, 0.25) is 0 Å². The van der Waals surface area contributed by atoms with Crippen molar-refractivity contribution >= 4 is 33.1 Å². The standard InChI is InChI=1S/C23H22N4O2S.C3H4/c24-20-18-10-11-19(16-7-6-12-25-15-16)26-22(18)30-21(20)23(29)27(13-4-5-14-28)17-8-2-1-3-9-17;1-3-2/h1-2,4-8,10-12,15,28H,3,9,13-14,24H2;1H,2H3/b5-4-;. The van der Waals surface area contributed by atoms with E-state index in [-0.39, 0.29) is 12.5 Å². The molecule has 7 heteroatoms. The van der Waals surface area contributed by atoms with Gasteiger partial charge in [0.05, 0.1) is 18.0 Å². The molecule has 0 aromatic carbocycles. The molecule has 1 aliphatic carbocycles. The highest BCUT2D eigenvalue weighted by Gasteiger charge is 2.25. The van der Waals surface area contributed by atoms with Crippen molar-refractivity contribution in [2.24, 2.45) is 0 Å². The summed E-state index contributed by atoms with van der Waals surface area (Å²) in [6.07, 6.45) is 19.2. The number of aromatic nitrogens is 2. The number of pyridine rings is 2. The van der Waals surface area contributed by atoms with Crippen LogP contribution in [0.3, 0.4) is 0 Å². The summed E-state index contributed by atoms with van der Waals surface area (Å²) in [6.45, 7) is 1.97. The van der Waals surface area contributed by atoms with Crippen LogP contribution in [-0.2, 0) is 0 Å². The van der Waals surface area contributed by atoms with E-state index in [2.05, 4.69) is 23.4 Å². The van der Waals surface area contributed by atoms with E-state index in [0.29, 0.717) is 17.1 Å². The van der Waals surface area contributed by atoms with Crippen LogP contribution in [0.25, 0.3) is 21.5 Å². The lowest BCUT2D eigenvalue weighted by molar-refractivity contribution is 0.0820. The molecule has 3 N–H and O–H groups in total. The van der Waals surface area contributed by atoms with Crippen molar-refractivity contribution in [1.29, 1.82) is 0 Å². The summed E-state index contributed by atoms with van der Waals surface area (Å²) in [6, 6.07) is 7.62. The Bertz CT molecular complexity index is 1240. The van der Waals surface area contributed by atoms with E-state index in [1.54, 1.807) is 36.4 Å². The zero-order valence-corrected chi connectivity index (χ0v) is 19.3. The normalized spacial score (nSPS) is 12.7. The van der Waals surface area contributed by atoms with Crippen LogP contribution in [0.15, 0.2) is 72.7 Å². The van der Waals surface area contributed by atoms with Gasteiger partial charge in [-0.15, -0.1) is 23.7 Å². The van der Waals surface area contributed by atoms with E-state index in [0.717, 1.165) is 40.0 Å². The fourth-order valence-corrected chi connectivity index (χ4v) is 4.40. The summed E-state index contributed by atoms with van der Waals surface area (Å²) in [7, 11) is 0. The number of nitrogen functional groups attached to an aromatic ring is 1. The third kappa shape index (κ3) is 5.75. The average molecular weight is 459 g/mol. The molecular weight excluding hydrogens is 432 g/mol. The summed E-state index contributed by atoms with van der Waals surface area (Å²) in [5.74, 6) is 2.10. The molecule has 0 atom stereocenters. The van der Waals surface area contributed by atoms with Crippen LogP contribution in [0, 0.1) is 12.3 Å². The Labute approximate surface area is 197 Å². The van der Waals surface area contributed by atoms with E-state index >= 15 is 0 Å². The molecule has 0 bridgehead atoms. The molecule has 0 aliphatic heterocycles.